The van der Waals surface area contributed by atoms with Crippen LogP contribution < -0.4 is 20.3 Å². The number of likely N-dealkylation sites (N-methyl/N-ethyl adjacent to an activating group) is 1. The van der Waals surface area contributed by atoms with E-state index in [1.807, 2.05) is 25.2 Å². The number of pyridine rings is 1. The lowest BCUT2D eigenvalue weighted by molar-refractivity contribution is 0.354. The van der Waals surface area contributed by atoms with Crippen LogP contribution in [0.5, 0.6) is 11.5 Å². The van der Waals surface area contributed by atoms with Gasteiger partial charge in [-0.2, -0.15) is 0 Å². The van der Waals surface area contributed by atoms with Crippen LogP contribution in [0.1, 0.15) is 16.7 Å². The van der Waals surface area contributed by atoms with Crippen molar-refractivity contribution in [3.63, 3.8) is 0 Å². The van der Waals surface area contributed by atoms with Crippen molar-refractivity contribution in [2.75, 3.05) is 34.9 Å². The van der Waals surface area contributed by atoms with Crippen LogP contribution in [0.15, 0.2) is 76.6 Å². The van der Waals surface area contributed by atoms with E-state index in [-0.39, 0.29) is 5.56 Å². The number of nitrogens with one attached hydrogen (secondary N) is 1. The second-order valence-corrected chi connectivity index (χ2v) is 7.74. The van der Waals surface area contributed by atoms with E-state index in [0.717, 1.165) is 41.6 Å². The topological polar surface area (TPSA) is 68.1 Å². The molecule has 1 N–H and O–H groups in total. The fourth-order valence-electron chi connectivity index (χ4n) is 3.56. The molecule has 0 spiro atoms. The Morgan fingerprint density at radius 2 is 1.67 bits per heavy atom. The lowest BCUT2D eigenvalue weighted by Crippen LogP contribution is -2.39. The minimum Gasteiger partial charge on any atom is -0.493 e. The molecule has 0 amide bonds. The van der Waals surface area contributed by atoms with Crippen molar-refractivity contribution < 1.29 is 9.47 Å². The summed E-state index contributed by atoms with van der Waals surface area (Å²) in [5.41, 5.74) is 3.41. The average molecular weight is 449 g/mol. The number of methoxy groups -OCH3 is 2. The van der Waals surface area contributed by atoms with Gasteiger partial charge in [-0.1, -0.05) is 36.4 Å². The summed E-state index contributed by atoms with van der Waals surface area (Å²) in [6.07, 6.45) is 2.66. The molecule has 1 heterocycles. The van der Waals surface area contributed by atoms with Gasteiger partial charge in [0, 0.05) is 39.4 Å². The van der Waals surface area contributed by atoms with Crippen LogP contribution in [0.25, 0.3) is 0 Å². The van der Waals surface area contributed by atoms with Crippen molar-refractivity contribution in [2.24, 2.45) is 4.99 Å². The van der Waals surface area contributed by atoms with Crippen LogP contribution in [0, 0.1) is 0 Å². The number of rotatable bonds is 9. The van der Waals surface area contributed by atoms with Crippen LogP contribution in [0.2, 0.25) is 0 Å². The van der Waals surface area contributed by atoms with Gasteiger partial charge in [-0.25, -0.2) is 0 Å². The number of nitrogens with zero attached hydrogens (tertiary/aromatic N) is 3. The van der Waals surface area contributed by atoms with Crippen molar-refractivity contribution in [2.45, 2.75) is 19.5 Å². The Bertz CT molecular complexity index is 1120. The molecule has 0 aliphatic rings. The van der Waals surface area contributed by atoms with Crippen LogP contribution in [-0.4, -0.2) is 50.3 Å². The predicted octanol–water partition coefficient (Wildman–Crippen LogP) is 3.16. The molecule has 1 aromatic heterocycles. The maximum absolute atomic E-state index is 11.9. The van der Waals surface area contributed by atoms with E-state index in [4.69, 9.17) is 9.47 Å². The van der Waals surface area contributed by atoms with Crippen molar-refractivity contribution in [3.05, 3.63) is 93.9 Å². The first kappa shape index (κ1) is 23.9. The Balaban J connectivity index is 1.52. The summed E-state index contributed by atoms with van der Waals surface area (Å²) in [5, 5.41) is 3.42. The summed E-state index contributed by atoms with van der Waals surface area (Å²) in [7, 11) is 7.10. The second kappa shape index (κ2) is 11.8. The van der Waals surface area contributed by atoms with Gasteiger partial charge in [0.2, 0.25) is 0 Å². The highest BCUT2D eigenvalue weighted by Crippen LogP contribution is 2.27. The van der Waals surface area contributed by atoms with Crippen LogP contribution in [0.3, 0.4) is 0 Å². The number of guanidine groups is 1. The molecule has 0 aliphatic heterocycles. The Hall–Kier alpha value is -3.74. The summed E-state index contributed by atoms with van der Waals surface area (Å²) in [5.74, 6) is 2.30. The van der Waals surface area contributed by atoms with Gasteiger partial charge in [0.25, 0.3) is 5.56 Å². The molecule has 7 nitrogen and oxygen atoms in total. The maximum Gasteiger partial charge on any atom is 0.250 e. The predicted molar refractivity (Wildman–Crippen MR) is 132 cm³/mol. The second-order valence-electron chi connectivity index (χ2n) is 7.74. The third-order valence-corrected chi connectivity index (χ3v) is 5.48. The summed E-state index contributed by atoms with van der Waals surface area (Å²) >= 11 is 0. The van der Waals surface area contributed by atoms with Gasteiger partial charge in [0.05, 0.1) is 20.8 Å². The third kappa shape index (κ3) is 6.62. The van der Waals surface area contributed by atoms with E-state index in [2.05, 4.69) is 45.5 Å². The first-order chi connectivity index (χ1) is 16.0. The van der Waals surface area contributed by atoms with Gasteiger partial charge in [-0.3, -0.25) is 9.79 Å². The van der Waals surface area contributed by atoms with E-state index >= 15 is 0 Å². The Labute approximate surface area is 195 Å². The first-order valence-corrected chi connectivity index (χ1v) is 10.9. The highest BCUT2D eigenvalue weighted by Gasteiger charge is 2.09. The van der Waals surface area contributed by atoms with Gasteiger partial charge in [-0.05, 0) is 41.3 Å². The van der Waals surface area contributed by atoms with Gasteiger partial charge < -0.3 is 24.3 Å². The molecule has 0 atom stereocenters. The van der Waals surface area contributed by atoms with Crippen LogP contribution in [-0.2, 0) is 19.5 Å². The fourth-order valence-corrected chi connectivity index (χ4v) is 3.56. The average Bonchev–Trinajstić information content (AvgIpc) is 2.85. The Morgan fingerprint density at radius 1 is 0.970 bits per heavy atom. The van der Waals surface area contributed by atoms with Crippen LogP contribution >= 0.6 is 0 Å². The highest BCUT2D eigenvalue weighted by atomic mass is 16.5. The van der Waals surface area contributed by atoms with E-state index in [0.29, 0.717) is 13.1 Å². The van der Waals surface area contributed by atoms with Gasteiger partial charge >= 0.3 is 0 Å². The molecular weight excluding hydrogens is 416 g/mol. The number of ether oxygens (including phenoxy) is 2. The molecule has 0 unspecified atom stereocenters. The molecule has 3 rings (SSSR count). The molecule has 0 aliphatic carbocycles. The number of aromatic nitrogens is 1. The van der Waals surface area contributed by atoms with Gasteiger partial charge in [-0.15, -0.1) is 0 Å². The standard InChI is InChI=1S/C26H32N4O3/c1-27-26(29(2)16-14-20-12-13-23(32-3)24(17-20)33-4)28-18-21-8-10-22(11-9-21)19-30-15-6-5-7-25(30)31/h5-13,15,17H,14,16,18-19H2,1-4H3,(H,27,28). The Morgan fingerprint density at radius 3 is 2.33 bits per heavy atom. The minimum absolute atomic E-state index is 0.00293. The summed E-state index contributed by atoms with van der Waals surface area (Å²) in [4.78, 5) is 18.4. The largest absolute Gasteiger partial charge is 0.493 e. The molecule has 7 heteroatoms. The normalized spacial score (nSPS) is 11.2. The van der Waals surface area contributed by atoms with Crippen LogP contribution in [0.4, 0.5) is 0 Å². The van der Waals surface area contributed by atoms with E-state index < -0.39 is 0 Å². The molecule has 0 bridgehead atoms. The summed E-state index contributed by atoms with van der Waals surface area (Å²) in [6.45, 7) is 2.03. The van der Waals surface area contributed by atoms with E-state index in [1.165, 1.54) is 5.56 Å². The van der Waals surface area contributed by atoms with E-state index in [1.54, 1.807) is 44.2 Å². The molecular formula is C26H32N4O3. The third-order valence-electron chi connectivity index (χ3n) is 5.48. The molecule has 2 aromatic carbocycles. The highest BCUT2D eigenvalue weighted by molar-refractivity contribution is 5.79. The minimum atomic E-state index is 0.00293. The fraction of sp³-hybridized carbons (Fsp3) is 0.308. The molecule has 33 heavy (non-hydrogen) atoms. The molecule has 0 fully saturated rings. The summed E-state index contributed by atoms with van der Waals surface area (Å²) in [6, 6.07) is 19.5. The van der Waals surface area contributed by atoms with Gasteiger partial charge in [0.15, 0.2) is 17.5 Å². The maximum atomic E-state index is 11.9. The lowest BCUT2D eigenvalue weighted by atomic mass is 10.1. The number of hydrogen-bond acceptors (Lipinski definition) is 4. The zero-order chi connectivity index (χ0) is 23.6. The van der Waals surface area contributed by atoms with Crippen molar-refractivity contribution in [1.29, 1.82) is 0 Å². The van der Waals surface area contributed by atoms with Gasteiger partial charge in [0.1, 0.15) is 0 Å². The number of aliphatic imine (C=N–C) groups is 1. The quantitative estimate of drug-likeness (QED) is 0.402. The molecule has 0 radical (unpaired) electrons. The van der Waals surface area contributed by atoms with Crippen molar-refractivity contribution in [3.8, 4) is 11.5 Å². The molecule has 0 saturated carbocycles. The molecule has 0 saturated heterocycles. The van der Waals surface area contributed by atoms with Crippen molar-refractivity contribution in [1.82, 2.24) is 14.8 Å². The van der Waals surface area contributed by atoms with Crippen molar-refractivity contribution >= 4 is 5.96 Å². The molecule has 174 valence electrons. The first-order valence-electron chi connectivity index (χ1n) is 10.9. The zero-order valence-corrected chi connectivity index (χ0v) is 19.7. The SMILES string of the molecule is CN=C(NCc1ccc(Cn2ccccc2=O)cc1)N(C)CCc1ccc(OC)c(OC)c1. The zero-order valence-electron chi connectivity index (χ0n) is 19.7. The number of benzene rings is 2. The smallest absolute Gasteiger partial charge is 0.250 e. The molecule has 3 aromatic rings. The number of hydrogen-bond donors (Lipinski definition) is 1. The monoisotopic (exact) mass is 448 g/mol. The summed E-state index contributed by atoms with van der Waals surface area (Å²) < 4.78 is 12.4. The lowest BCUT2D eigenvalue weighted by Gasteiger charge is -2.22. The Kier molecular flexibility index (Phi) is 8.52. The van der Waals surface area contributed by atoms with E-state index in [9.17, 15) is 4.79 Å².